The fourth-order valence-corrected chi connectivity index (χ4v) is 1.91. The summed E-state index contributed by atoms with van der Waals surface area (Å²) in [6, 6.07) is 0. The first-order valence-electron chi connectivity index (χ1n) is 6.08. The van der Waals surface area contributed by atoms with Gasteiger partial charge >= 0.3 is 0 Å². The van der Waals surface area contributed by atoms with E-state index in [2.05, 4.69) is 0 Å². The van der Waals surface area contributed by atoms with Gasteiger partial charge in [0.25, 0.3) is 0 Å². The first-order chi connectivity index (χ1) is 8.24. The highest BCUT2D eigenvalue weighted by Gasteiger charge is 2.55. The van der Waals surface area contributed by atoms with Gasteiger partial charge in [-0.2, -0.15) is 0 Å². The van der Waals surface area contributed by atoms with Crippen molar-refractivity contribution < 1.29 is 31.5 Å². The third-order valence-electron chi connectivity index (χ3n) is 2.50. The Labute approximate surface area is 97.2 Å². The van der Waals surface area contributed by atoms with E-state index >= 15 is 0 Å². The second kappa shape index (κ2) is 4.56. The van der Waals surface area contributed by atoms with Crippen LogP contribution in [0.5, 0.6) is 0 Å². The zero-order valence-electron chi connectivity index (χ0n) is 11.5. The second-order valence-electron chi connectivity index (χ2n) is 4.19. The topological polar surface area (TPSA) is 66.4 Å². The number of rotatable bonds is 4. The Morgan fingerprint density at radius 2 is 2.19 bits per heavy atom. The van der Waals surface area contributed by atoms with Crippen LogP contribution in [0, 0.1) is 0 Å². The summed E-state index contributed by atoms with van der Waals surface area (Å²) in [7, 11) is 1.45. The normalized spacial score (nSPS) is 44.0. The lowest BCUT2D eigenvalue weighted by atomic mass is 10.1. The fourth-order valence-electron chi connectivity index (χ4n) is 1.91. The van der Waals surface area contributed by atoms with E-state index in [0.717, 1.165) is 0 Å². The average molecular weight is 238 g/mol. The lowest BCUT2D eigenvalue weighted by Crippen LogP contribution is -2.38. The van der Waals surface area contributed by atoms with Crippen molar-refractivity contribution in [2.45, 2.75) is 44.2 Å². The highest BCUT2D eigenvalue weighted by atomic mass is 16.8. The number of fused-ring (bicyclic) bond motifs is 1. The summed E-state index contributed by atoms with van der Waals surface area (Å²) < 4.78 is 41.2. The predicted octanol–water partition coefficient (Wildman–Crippen LogP) is -0.156. The molecule has 2 fully saturated rings. The molecule has 0 spiro atoms. The van der Waals surface area contributed by atoms with Gasteiger partial charge in [0.1, 0.15) is 25.1 Å². The van der Waals surface area contributed by atoms with Crippen molar-refractivity contribution in [3.05, 3.63) is 0 Å². The van der Waals surface area contributed by atoms with Crippen LogP contribution in [0.25, 0.3) is 0 Å². The van der Waals surface area contributed by atoms with Crippen LogP contribution in [0.1, 0.15) is 16.6 Å². The molecule has 94 valence electrons. The van der Waals surface area contributed by atoms with Crippen molar-refractivity contribution in [2.75, 3.05) is 20.5 Å². The van der Waals surface area contributed by atoms with E-state index in [1.807, 2.05) is 0 Å². The van der Waals surface area contributed by atoms with Gasteiger partial charge in [-0.3, -0.25) is 0 Å². The summed E-state index contributed by atoms with van der Waals surface area (Å²) in [6.45, 7) is 0.864. The molecule has 2 heterocycles. The van der Waals surface area contributed by atoms with Gasteiger partial charge in [0.2, 0.25) is 0 Å². The molecule has 0 saturated carbocycles. The Morgan fingerprint density at radius 1 is 1.44 bits per heavy atom. The third kappa shape index (κ3) is 2.22. The van der Waals surface area contributed by atoms with E-state index < -0.39 is 36.9 Å². The zero-order valence-corrected chi connectivity index (χ0v) is 9.50. The van der Waals surface area contributed by atoms with Gasteiger partial charge in [0.05, 0.1) is 9.30 Å². The number of hydrogen-bond acceptors (Lipinski definition) is 6. The Bertz CT molecular complexity index is 305. The first-order valence-corrected chi connectivity index (χ1v) is 5.08. The maximum Gasteiger partial charge on any atom is 0.190 e. The van der Waals surface area contributed by atoms with Crippen LogP contribution in [0.3, 0.4) is 0 Å². The Balaban J connectivity index is 2.12. The quantitative estimate of drug-likeness (QED) is 0.687. The Morgan fingerprint density at radius 3 is 2.81 bits per heavy atom. The Hall–Kier alpha value is -0.240. The molecule has 0 bridgehead atoms. The molecule has 0 unspecified atom stereocenters. The zero-order chi connectivity index (χ0) is 13.6. The number of hydrogen-bond donors (Lipinski definition) is 1. The molecule has 0 aromatic rings. The SMILES string of the molecule is [3H]C([3H])(O)[C@H]1O[C@@H]2OC(C)(C)O[C@@H]2[C@@H]1OCOC. The van der Waals surface area contributed by atoms with Gasteiger partial charge in [-0.05, 0) is 13.8 Å². The van der Waals surface area contributed by atoms with Crippen molar-refractivity contribution in [3.63, 3.8) is 0 Å². The van der Waals surface area contributed by atoms with E-state index in [1.165, 1.54) is 7.11 Å². The van der Waals surface area contributed by atoms with Crippen LogP contribution < -0.4 is 0 Å². The highest BCUT2D eigenvalue weighted by Crippen LogP contribution is 2.38. The maximum absolute atomic E-state index is 9.45. The number of methoxy groups -OCH3 is 1. The van der Waals surface area contributed by atoms with Crippen molar-refractivity contribution in [2.24, 2.45) is 0 Å². The summed E-state index contributed by atoms with van der Waals surface area (Å²) in [5.74, 6) is -0.822. The minimum Gasteiger partial charge on any atom is -0.394 e. The molecular weight excluding hydrogens is 216 g/mol. The standard InChI is InChI=1S/C10H18O6/c1-10(2)15-8-7(13-5-12-3)6(4-11)14-9(8)16-10/h6-9,11H,4-5H2,1-3H3/t6-,7-,8-,9-/m1/s1/i4T2. The Kier molecular flexibility index (Phi) is 2.78. The van der Waals surface area contributed by atoms with Gasteiger partial charge in [-0.15, -0.1) is 0 Å². The molecule has 2 aliphatic rings. The van der Waals surface area contributed by atoms with Gasteiger partial charge < -0.3 is 28.8 Å². The molecule has 2 rings (SSSR count). The molecule has 0 aromatic carbocycles. The summed E-state index contributed by atoms with van der Waals surface area (Å²) in [6.07, 6.45) is -3.33. The van der Waals surface area contributed by atoms with Crippen molar-refractivity contribution >= 4 is 0 Å². The van der Waals surface area contributed by atoms with Crippen LogP contribution in [0.15, 0.2) is 0 Å². The smallest absolute Gasteiger partial charge is 0.190 e. The molecule has 1 N–H and O–H groups in total. The molecule has 16 heavy (non-hydrogen) atoms. The molecule has 6 heteroatoms. The highest BCUT2D eigenvalue weighted by molar-refractivity contribution is 4.93. The van der Waals surface area contributed by atoms with Crippen molar-refractivity contribution in [1.82, 2.24) is 0 Å². The van der Waals surface area contributed by atoms with Crippen LogP contribution >= 0.6 is 0 Å². The lowest BCUT2D eigenvalue weighted by Gasteiger charge is -2.24. The molecular formula is C10H18O6. The number of aliphatic hydroxyl groups is 1. The van der Waals surface area contributed by atoms with Gasteiger partial charge in [0, 0.05) is 7.11 Å². The van der Waals surface area contributed by atoms with Crippen molar-refractivity contribution in [1.29, 1.82) is 0 Å². The largest absolute Gasteiger partial charge is 0.394 e. The first kappa shape index (κ1) is 9.76. The summed E-state index contributed by atoms with van der Waals surface area (Å²) in [4.78, 5) is 0. The second-order valence-corrected chi connectivity index (χ2v) is 4.19. The van der Waals surface area contributed by atoms with E-state index in [1.54, 1.807) is 13.8 Å². The summed E-state index contributed by atoms with van der Waals surface area (Å²) in [5.41, 5.74) is 0. The van der Waals surface area contributed by atoms with Crippen LogP contribution in [0.4, 0.5) is 0 Å². The molecule has 2 saturated heterocycles. The number of ether oxygens (including phenoxy) is 5. The fraction of sp³-hybridized carbons (Fsp3) is 1.00. The molecule has 0 aromatic heterocycles. The third-order valence-corrected chi connectivity index (χ3v) is 2.50. The van der Waals surface area contributed by atoms with Crippen molar-refractivity contribution in [3.8, 4) is 0 Å². The molecule has 0 radical (unpaired) electrons. The maximum atomic E-state index is 9.45. The summed E-state index contributed by atoms with van der Waals surface area (Å²) >= 11 is 0. The van der Waals surface area contributed by atoms with E-state index in [-0.39, 0.29) is 6.79 Å². The summed E-state index contributed by atoms with van der Waals surface area (Å²) in [5, 5.41) is 9.45. The van der Waals surface area contributed by atoms with Crippen LogP contribution in [-0.2, 0) is 23.7 Å². The van der Waals surface area contributed by atoms with Crippen LogP contribution in [-0.4, -0.2) is 56.0 Å². The van der Waals surface area contributed by atoms with Gasteiger partial charge in [-0.1, -0.05) is 0 Å². The van der Waals surface area contributed by atoms with E-state index in [0.29, 0.717) is 0 Å². The predicted molar refractivity (Wildman–Crippen MR) is 52.5 cm³/mol. The van der Waals surface area contributed by atoms with Crippen LogP contribution in [0.2, 0.25) is 0 Å². The van der Waals surface area contributed by atoms with Gasteiger partial charge in [-0.25, -0.2) is 0 Å². The molecule has 6 nitrogen and oxygen atoms in total. The minimum atomic E-state index is -2.54. The monoisotopic (exact) mass is 238 g/mol. The average Bonchev–Trinajstić information content (AvgIpc) is 2.66. The van der Waals surface area contributed by atoms with Gasteiger partial charge in [0.15, 0.2) is 12.1 Å². The van der Waals surface area contributed by atoms with E-state index in [4.69, 9.17) is 26.4 Å². The van der Waals surface area contributed by atoms with E-state index in [9.17, 15) is 5.11 Å². The molecule has 0 aliphatic carbocycles. The molecule has 4 atom stereocenters. The minimum absolute atomic E-state index is 0.0480. The molecule has 2 aliphatic heterocycles. The lowest BCUT2D eigenvalue weighted by molar-refractivity contribution is -0.227. The molecule has 0 amide bonds.